The highest BCUT2D eigenvalue weighted by Crippen LogP contribution is 2.21. The number of benzene rings is 2. The summed E-state index contributed by atoms with van der Waals surface area (Å²) >= 11 is 0. The zero-order chi connectivity index (χ0) is 22.6. The van der Waals surface area contributed by atoms with Crippen molar-refractivity contribution in [2.75, 3.05) is 32.7 Å². The number of piperazine rings is 1. The summed E-state index contributed by atoms with van der Waals surface area (Å²) in [6, 6.07) is 12.4. The van der Waals surface area contributed by atoms with Gasteiger partial charge in [0.2, 0.25) is 15.9 Å². The van der Waals surface area contributed by atoms with Crippen molar-refractivity contribution in [1.29, 1.82) is 0 Å². The van der Waals surface area contributed by atoms with Gasteiger partial charge in [-0.1, -0.05) is 38.1 Å². The fraction of sp³-hybridized carbons (Fsp3) is 0.364. The first-order valence-electron chi connectivity index (χ1n) is 10.1. The van der Waals surface area contributed by atoms with E-state index in [4.69, 9.17) is 0 Å². The molecule has 2 aromatic rings. The average Bonchev–Trinajstić information content (AvgIpc) is 2.77. The maximum Gasteiger partial charge on any atom is 0.254 e. The van der Waals surface area contributed by atoms with Gasteiger partial charge in [-0.15, -0.1) is 0 Å². The summed E-state index contributed by atoms with van der Waals surface area (Å²) in [6.07, 6.45) is 0. The molecular formula is C22H26FN3O4S. The van der Waals surface area contributed by atoms with E-state index in [9.17, 15) is 22.4 Å². The van der Waals surface area contributed by atoms with E-state index < -0.39 is 21.7 Å². The maximum absolute atomic E-state index is 13.7. The lowest BCUT2D eigenvalue weighted by molar-refractivity contribution is -0.131. The summed E-state index contributed by atoms with van der Waals surface area (Å²) in [4.78, 5) is 26.2. The van der Waals surface area contributed by atoms with Crippen LogP contribution in [-0.4, -0.2) is 62.2 Å². The topological polar surface area (TPSA) is 86.8 Å². The second-order valence-corrected chi connectivity index (χ2v) is 9.61. The highest BCUT2D eigenvalue weighted by Gasteiger charge is 2.30. The van der Waals surface area contributed by atoms with Gasteiger partial charge < -0.3 is 10.2 Å². The van der Waals surface area contributed by atoms with E-state index in [2.05, 4.69) is 5.32 Å². The minimum atomic E-state index is -3.64. The molecule has 0 aromatic heterocycles. The molecule has 31 heavy (non-hydrogen) atoms. The number of hydrogen-bond donors (Lipinski definition) is 1. The SMILES string of the molecule is CC(C)c1ccc(S(=O)(=O)N2CCN(C(=O)CNC(=O)c3ccccc3F)CC2)cc1. The summed E-state index contributed by atoms with van der Waals surface area (Å²) in [5, 5.41) is 2.42. The Balaban J connectivity index is 1.54. The highest BCUT2D eigenvalue weighted by molar-refractivity contribution is 7.89. The minimum Gasteiger partial charge on any atom is -0.343 e. The van der Waals surface area contributed by atoms with Crippen molar-refractivity contribution in [3.63, 3.8) is 0 Å². The monoisotopic (exact) mass is 447 g/mol. The van der Waals surface area contributed by atoms with Crippen LogP contribution in [0.3, 0.4) is 0 Å². The number of hydrogen-bond acceptors (Lipinski definition) is 4. The quantitative estimate of drug-likeness (QED) is 0.736. The van der Waals surface area contributed by atoms with Crippen LogP contribution in [0.15, 0.2) is 53.4 Å². The maximum atomic E-state index is 13.7. The van der Waals surface area contributed by atoms with Gasteiger partial charge in [-0.05, 0) is 35.7 Å². The first-order chi connectivity index (χ1) is 14.7. The molecule has 1 heterocycles. The van der Waals surface area contributed by atoms with Crippen LogP contribution in [0.2, 0.25) is 0 Å². The number of halogens is 1. The van der Waals surface area contributed by atoms with Crippen molar-refractivity contribution in [1.82, 2.24) is 14.5 Å². The number of amides is 2. The van der Waals surface area contributed by atoms with Crippen LogP contribution in [0, 0.1) is 5.82 Å². The Morgan fingerprint density at radius 3 is 2.19 bits per heavy atom. The number of rotatable bonds is 6. The van der Waals surface area contributed by atoms with Crippen molar-refractivity contribution < 1.29 is 22.4 Å². The molecule has 0 radical (unpaired) electrons. The molecule has 1 aliphatic heterocycles. The standard InChI is InChI=1S/C22H26FN3O4S/c1-16(2)17-7-9-18(10-8-17)31(29,30)26-13-11-25(12-14-26)21(27)15-24-22(28)19-5-3-4-6-20(19)23/h3-10,16H,11-15H2,1-2H3,(H,24,28). The van der Waals surface area contributed by atoms with Crippen molar-refractivity contribution in [3.8, 4) is 0 Å². The van der Waals surface area contributed by atoms with Gasteiger partial charge in [-0.2, -0.15) is 4.31 Å². The van der Waals surface area contributed by atoms with Crippen LogP contribution >= 0.6 is 0 Å². The van der Waals surface area contributed by atoms with Gasteiger partial charge >= 0.3 is 0 Å². The normalized spacial score (nSPS) is 15.2. The van der Waals surface area contributed by atoms with Gasteiger partial charge in [0.05, 0.1) is 17.0 Å². The zero-order valence-corrected chi connectivity index (χ0v) is 18.4. The van der Waals surface area contributed by atoms with Crippen LogP contribution in [-0.2, 0) is 14.8 Å². The molecule has 1 fully saturated rings. The van der Waals surface area contributed by atoms with E-state index in [0.717, 1.165) is 5.56 Å². The average molecular weight is 448 g/mol. The Morgan fingerprint density at radius 2 is 1.61 bits per heavy atom. The molecule has 166 valence electrons. The molecule has 7 nitrogen and oxygen atoms in total. The molecule has 2 aromatic carbocycles. The van der Waals surface area contributed by atoms with Crippen molar-refractivity contribution in [2.24, 2.45) is 0 Å². The summed E-state index contributed by atoms with van der Waals surface area (Å²) in [5.74, 6) is -1.36. The molecule has 0 spiro atoms. The van der Waals surface area contributed by atoms with Gasteiger partial charge in [-0.25, -0.2) is 12.8 Å². The Morgan fingerprint density at radius 1 is 1.00 bits per heavy atom. The third-order valence-corrected chi connectivity index (χ3v) is 7.21. The number of nitrogens with zero attached hydrogens (tertiary/aromatic N) is 2. The van der Waals surface area contributed by atoms with Crippen LogP contribution < -0.4 is 5.32 Å². The third kappa shape index (κ3) is 5.29. The Bertz CT molecular complexity index is 1050. The van der Waals surface area contributed by atoms with E-state index in [1.165, 1.54) is 33.5 Å². The van der Waals surface area contributed by atoms with E-state index in [1.807, 2.05) is 26.0 Å². The molecule has 2 amide bonds. The van der Waals surface area contributed by atoms with Gasteiger partial charge in [0.1, 0.15) is 5.82 Å². The fourth-order valence-corrected chi connectivity index (χ4v) is 4.78. The Kier molecular flexibility index (Phi) is 7.07. The zero-order valence-electron chi connectivity index (χ0n) is 17.5. The molecule has 0 aliphatic carbocycles. The molecule has 0 bridgehead atoms. The second kappa shape index (κ2) is 9.57. The molecule has 0 saturated carbocycles. The smallest absolute Gasteiger partial charge is 0.254 e. The highest BCUT2D eigenvalue weighted by atomic mass is 32.2. The molecule has 9 heteroatoms. The van der Waals surface area contributed by atoms with Crippen LogP contribution in [0.25, 0.3) is 0 Å². The molecule has 1 N–H and O–H groups in total. The predicted molar refractivity (Wildman–Crippen MR) is 115 cm³/mol. The lowest BCUT2D eigenvalue weighted by Gasteiger charge is -2.34. The van der Waals surface area contributed by atoms with Crippen molar-refractivity contribution >= 4 is 21.8 Å². The summed E-state index contributed by atoms with van der Waals surface area (Å²) in [5.41, 5.74) is 0.932. The fourth-order valence-electron chi connectivity index (χ4n) is 3.36. The molecular weight excluding hydrogens is 421 g/mol. The van der Waals surface area contributed by atoms with Gasteiger partial charge in [0.25, 0.3) is 5.91 Å². The molecule has 3 rings (SSSR count). The number of nitrogens with one attached hydrogen (secondary N) is 1. The largest absolute Gasteiger partial charge is 0.343 e. The Labute approximate surface area is 181 Å². The third-order valence-electron chi connectivity index (χ3n) is 5.29. The van der Waals surface area contributed by atoms with E-state index in [0.29, 0.717) is 5.92 Å². The van der Waals surface area contributed by atoms with Crippen LogP contribution in [0.5, 0.6) is 0 Å². The van der Waals surface area contributed by atoms with Gasteiger partial charge in [0, 0.05) is 26.2 Å². The molecule has 1 aliphatic rings. The second-order valence-electron chi connectivity index (χ2n) is 7.67. The lowest BCUT2D eigenvalue weighted by Crippen LogP contribution is -2.52. The minimum absolute atomic E-state index is 0.130. The predicted octanol–water partition coefficient (Wildman–Crippen LogP) is 2.21. The first-order valence-corrected chi connectivity index (χ1v) is 11.5. The van der Waals surface area contributed by atoms with E-state index in [1.54, 1.807) is 12.1 Å². The molecule has 0 atom stereocenters. The molecule has 1 saturated heterocycles. The first kappa shape index (κ1) is 22.9. The summed E-state index contributed by atoms with van der Waals surface area (Å²) in [6.45, 7) is 4.57. The van der Waals surface area contributed by atoms with Crippen LogP contribution in [0.1, 0.15) is 35.7 Å². The number of carbonyl (C=O) groups is 2. The summed E-state index contributed by atoms with van der Waals surface area (Å²) < 4.78 is 40.8. The van der Waals surface area contributed by atoms with Gasteiger partial charge in [0.15, 0.2) is 0 Å². The number of sulfonamides is 1. The molecule has 0 unspecified atom stereocenters. The van der Waals surface area contributed by atoms with E-state index in [-0.39, 0.29) is 49.1 Å². The van der Waals surface area contributed by atoms with Crippen molar-refractivity contribution in [2.45, 2.75) is 24.7 Å². The number of carbonyl (C=O) groups excluding carboxylic acids is 2. The van der Waals surface area contributed by atoms with Gasteiger partial charge in [-0.3, -0.25) is 9.59 Å². The van der Waals surface area contributed by atoms with Crippen LogP contribution in [0.4, 0.5) is 4.39 Å². The summed E-state index contributed by atoms with van der Waals surface area (Å²) in [7, 11) is -3.64. The Hall–Kier alpha value is -2.78. The lowest BCUT2D eigenvalue weighted by atomic mass is 10.0. The van der Waals surface area contributed by atoms with Crippen molar-refractivity contribution in [3.05, 3.63) is 65.5 Å². The van der Waals surface area contributed by atoms with E-state index >= 15 is 0 Å².